The second-order valence-electron chi connectivity index (χ2n) is 4.45. The molecular weight excluding hydrogens is 190 g/mol. The number of H-pyrrole nitrogens is 1. The number of aromatic amines is 1. The molecule has 1 aliphatic carbocycles. The van der Waals surface area contributed by atoms with E-state index in [2.05, 4.69) is 10.3 Å². The molecule has 0 spiro atoms. The number of nitrogens with one attached hydrogen (secondary N) is 1. The summed E-state index contributed by atoms with van der Waals surface area (Å²) in [5.41, 5.74) is 1.49. The van der Waals surface area contributed by atoms with Gasteiger partial charge in [0.05, 0.1) is 6.20 Å². The van der Waals surface area contributed by atoms with Crippen molar-refractivity contribution in [2.75, 3.05) is 0 Å². The highest BCUT2D eigenvalue weighted by Crippen LogP contribution is 2.24. The SMILES string of the molecule is Cc1c(N=O)c[nH][n+]1CC1CCCCC1. The lowest BCUT2D eigenvalue weighted by Crippen LogP contribution is -2.42. The van der Waals surface area contributed by atoms with Crippen LogP contribution in [0.4, 0.5) is 5.69 Å². The summed E-state index contributed by atoms with van der Waals surface area (Å²) in [5, 5.41) is 6.08. The van der Waals surface area contributed by atoms with Gasteiger partial charge in [0.25, 0.3) is 0 Å². The molecule has 1 aliphatic rings. The topological polar surface area (TPSA) is 49.1 Å². The van der Waals surface area contributed by atoms with Crippen LogP contribution in [0.3, 0.4) is 0 Å². The third kappa shape index (κ3) is 2.25. The van der Waals surface area contributed by atoms with Gasteiger partial charge in [0.2, 0.25) is 5.69 Å². The number of hydrogen-bond acceptors (Lipinski definition) is 2. The zero-order chi connectivity index (χ0) is 10.7. The van der Waals surface area contributed by atoms with Gasteiger partial charge in [0.15, 0.2) is 12.2 Å². The summed E-state index contributed by atoms with van der Waals surface area (Å²) in [6, 6.07) is 0. The highest BCUT2D eigenvalue weighted by Gasteiger charge is 2.22. The molecule has 0 radical (unpaired) electrons. The van der Waals surface area contributed by atoms with Crippen molar-refractivity contribution in [2.24, 2.45) is 11.1 Å². The Morgan fingerprint density at radius 3 is 2.80 bits per heavy atom. The summed E-state index contributed by atoms with van der Waals surface area (Å²) in [4.78, 5) is 10.4. The van der Waals surface area contributed by atoms with E-state index < -0.39 is 0 Å². The van der Waals surface area contributed by atoms with Crippen molar-refractivity contribution in [3.05, 3.63) is 16.8 Å². The maximum Gasteiger partial charge on any atom is 0.233 e. The van der Waals surface area contributed by atoms with Gasteiger partial charge in [-0.25, -0.2) is 0 Å². The second-order valence-corrected chi connectivity index (χ2v) is 4.45. The fourth-order valence-electron chi connectivity index (χ4n) is 2.39. The number of hydrogen-bond donors (Lipinski definition) is 1. The van der Waals surface area contributed by atoms with Crippen LogP contribution in [0.1, 0.15) is 37.8 Å². The molecule has 0 saturated heterocycles. The molecule has 0 bridgehead atoms. The average Bonchev–Trinajstić information content (AvgIpc) is 2.62. The Hall–Kier alpha value is -1.19. The smallest absolute Gasteiger partial charge is 0.170 e. The maximum atomic E-state index is 10.4. The van der Waals surface area contributed by atoms with E-state index in [1.165, 1.54) is 32.1 Å². The van der Waals surface area contributed by atoms with Crippen molar-refractivity contribution in [3.63, 3.8) is 0 Å². The van der Waals surface area contributed by atoms with Crippen LogP contribution in [0, 0.1) is 17.7 Å². The third-order valence-corrected chi connectivity index (χ3v) is 3.40. The second kappa shape index (κ2) is 4.55. The van der Waals surface area contributed by atoms with Crippen LogP contribution in [0.2, 0.25) is 0 Å². The Morgan fingerprint density at radius 2 is 2.20 bits per heavy atom. The monoisotopic (exact) mass is 208 g/mol. The van der Waals surface area contributed by atoms with Gasteiger partial charge >= 0.3 is 0 Å². The van der Waals surface area contributed by atoms with Gasteiger partial charge in [-0.05, 0) is 18.0 Å². The van der Waals surface area contributed by atoms with Gasteiger partial charge in [-0.2, -0.15) is 5.10 Å². The third-order valence-electron chi connectivity index (χ3n) is 3.40. The minimum Gasteiger partial charge on any atom is -0.170 e. The minimum absolute atomic E-state index is 0.533. The first-order valence-electron chi connectivity index (χ1n) is 5.72. The van der Waals surface area contributed by atoms with Crippen molar-refractivity contribution in [1.29, 1.82) is 0 Å². The Bertz CT molecular complexity index is 340. The molecule has 15 heavy (non-hydrogen) atoms. The summed E-state index contributed by atoms with van der Waals surface area (Å²) in [5.74, 6) is 0.764. The van der Waals surface area contributed by atoms with Crippen LogP contribution in [-0.2, 0) is 6.54 Å². The first kappa shape index (κ1) is 10.3. The first-order valence-corrected chi connectivity index (χ1v) is 5.72. The Morgan fingerprint density at radius 1 is 1.47 bits per heavy atom. The van der Waals surface area contributed by atoms with E-state index in [1.54, 1.807) is 6.20 Å². The first-order chi connectivity index (χ1) is 7.31. The van der Waals surface area contributed by atoms with Crippen molar-refractivity contribution in [3.8, 4) is 0 Å². The zero-order valence-corrected chi connectivity index (χ0v) is 9.20. The standard InChI is InChI=1S/C11H17N3O/c1-9-11(13-15)7-12-14(9)8-10-5-3-2-4-6-10/h7,10H,2-6,8H2,1H3/p+1. The molecule has 1 saturated carbocycles. The summed E-state index contributed by atoms with van der Waals surface area (Å²) >= 11 is 0. The molecule has 4 nitrogen and oxygen atoms in total. The van der Waals surface area contributed by atoms with Crippen LogP contribution in [0.15, 0.2) is 11.4 Å². The van der Waals surface area contributed by atoms with Crippen molar-refractivity contribution in [1.82, 2.24) is 5.10 Å². The lowest BCUT2D eigenvalue weighted by Gasteiger charge is -2.17. The van der Waals surface area contributed by atoms with Crippen molar-refractivity contribution >= 4 is 5.69 Å². The van der Waals surface area contributed by atoms with Gasteiger partial charge in [-0.1, -0.05) is 19.3 Å². The van der Waals surface area contributed by atoms with Crippen molar-refractivity contribution in [2.45, 2.75) is 45.6 Å². The molecule has 2 rings (SSSR count). The Kier molecular flexibility index (Phi) is 3.14. The normalized spacial score (nSPS) is 17.9. The molecule has 0 amide bonds. The molecule has 1 aromatic heterocycles. The lowest BCUT2D eigenvalue weighted by molar-refractivity contribution is -0.760. The van der Waals surface area contributed by atoms with Gasteiger partial charge in [-0.15, -0.1) is 9.59 Å². The van der Waals surface area contributed by atoms with Gasteiger partial charge in [0, 0.05) is 12.8 Å². The van der Waals surface area contributed by atoms with E-state index >= 15 is 0 Å². The van der Waals surface area contributed by atoms with Crippen LogP contribution < -0.4 is 4.68 Å². The van der Waals surface area contributed by atoms with E-state index in [-0.39, 0.29) is 0 Å². The van der Waals surface area contributed by atoms with Crippen LogP contribution in [0.25, 0.3) is 0 Å². The molecule has 0 unspecified atom stereocenters. The molecule has 0 aliphatic heterocycles. The Labute approximate surface area is 89.6 Å². The lowest BCUT2D eigenvalue weighted by atomic mass is 9.89. The molecule has 4 heteroatoms. The molecule has 82 valence electrons. The Balaban J connectivity index is 2.03. The predicted octanol–water partition coefficient (Wildman–Crippen LogP) is 2.59. The molecule has 0 aromatic carbocycles. The molecule has 1 N–H and O–H groups in total. The van der Waals surface area contributed by atoms with E-state index in [0.29, 0.717) is 5.69 Å². The van der Waals surface area contributed by atoms with Gasteiger partial charge in [-0.3, -0.25) is 0 Å². The van der Waals surface area contributed by atoms with Crippen LogP contribution in [-0.4, -0.2) is 5.10 Å². The minimum atomic E-state index is 0.533. The summed E-state index contributed by atoms with van der Waals surface area (Å²) in [6.07, 6.45) is 8.40. The van der Waals surface area contributed by atoms with Crippen molar-refractivity contribution < 1.29 is 4.68 Å². The van der Waals surface area contributed by atoms with Gasteiger partial charge in [0.1, 0.15) is 0 Å². The van der Waals surface area contributed by atoms with Gasteiger partial charge < -0.3 is 0 Å². The summed E-state index contributed by atoms with van der Waals surface area (Å²) < 4.78 is 2.05. The van der Waals surface area contributed by atoms with E-state index in [4.69, 9.17) is 0 Å². The average molecular weight is 208 g/mol. The number of rotatable bonds is 3. The number of nitroso groups, excluding NO2 is 1. The largest absolute Gasteiger partial charge is 0.233 e. The number of aromatic nitrogens is 2. The van der Waals surface area contributed by atoms with E-state index in [9.17, 15) is 4.91 Å². The number of nitrogens with zero attached hydrogens (tertiary/aromatic N) is 2. The molecule has 0 atom stereocenters. The zero-order valence-electron chi connectivity index (χ0n) is 9.20. The fourth-order valence-corrected chi connectivity index (χ4v) is 2.39. The highest BCUT2D eigenvalue weighted by atomic mass is 16.3. The fraction of sp³-hybridized carbons (Fsp3) is 0.727. The highest BCUT2D eigenvalue weighted by molar-refractivity contribution is 5.34. The van der Waals surface area contributed by atoms with E-state index in [0.717, 1.165) is 18.2 Å². The summed E-state index contributed by atoms with van der Waals surface area (Å²) in [7, 11) is 0. The predicted molar refractivity (Wildman–Crippen MR) is 57.8 cm³/mol. The molecule has 1 aromatic rings. The molecule has 1 heterocycles. The quantitative estimate of drug-likeness (QED) is 0.602. The molecule has 1 fully saturated rings. The van der Waals surface area contributed by atoms with E-state index in [1.807, 2.05) is 11.6 Å². The maximum absolute atomic E-state index is 10.4. The molecular formula is C11H18N3O+. The van der Waals surface area contributed by atoms with Crippen LogP contribution in [0.5, 0.6) is 0 Å². The summed E-state index contributed by atoms with van der Waals surface area (Å²) in [6.45, 7) is 2.94. The van der Waals surface area contributed by atoms with Crippen LogP contribution >= 0.6 is 0 Å².